The van der Waals surface area contributed by atoms with E-state index in [1.54, 1.807) is 11.9 Å². The first kappa shape index (κ1) is 21.8. The Morgan fingerprint density at radius 1 is 1.16 bits per heavy atom. The highest BCUT2D eigenvalue weighted by molar-refractivity contribution is 7.14. The van der Waals surface area contributed by atoms with Crippen molar-refractivity contribution in [1.82, 2.24) is 20.0 Å². The van der Waals surface area contributed by atoms with E-state index >= 15 is 0 Å². The average molecular weight is 458 g/mol. The minimum Gasteiger partial charge on any atom is -0.503 e. The quantitative estimate of drug-likeness (QED) is 0.524. The van der Waals surface area contributed by atoms with Gasteiger partial charge in [-0.05, 0) is 30.5 Å². The van der Waals surface area contributed by atoms with Gasteiger partial charge in [0, 0.05) is 13.6 Å². The third kappa shape index (κ3) is 4.05. The van der Waals surface area contributed by atoms with Crippen molar-refractivity contribution in [2.75, 3.05) is 7.05 Å². The highest BCUT2D eigenvalue weighted by Crippen LogP contribution is 2.44. The zero-order chi connectivity index (χ0) is 22.9. The lowest BCUT2D eigenvalue weighted by Crippen LogP contribution is -2.48. The Balaban J connectivity index is 1.50. The molecule has 0 radical (unpaired) electrons. The van der Waals surface area contributed by atoms with Crippen molar-refractivity contribution in [2.45, 2.75) is 31.5 Å². The normalized spacial score (nSPS) is 14.1. The molecular weight excluding hydrogens is 438 g/mol. The van der Waals surface area contributed by atoms with Gasteiger partial charge in [-0.3, -0.25) is 9.59 Å². The lowest BCUT2D eigenvalue weighted by Gasteiger charge is -2.30. The van der Waals surface area contributed by atoms with E-state index in [1.807, 2.05) is 30.3 Å². The van der Waals surface area contributed by atoms with Crippen LogP contribution in [0.5, 0.6) is 5.75 Å². The lowest BCUT2D eigenvalue weighted by molar-refractivity contribution is -0.142. The molecule has 0 atom stereocenters. The summed E-state index contributed by atoms with van der Waals surface area (Å²) in [4.78, 5) is 28.0. The highest BCUT2D eigenvalue weighted by atomic mass is 32.1. The van der Waals surface area contributed by atoms with Crippen LogP contribution in [-0.4, -0.2) is 50.0 Å². The number of likely N-dealkylation sites (N-methyl/N-ethyl adjacent to an activating group) is 1. The van der Waals surface area contributed by atoms with Crippen LogP contribution in [0, 0.1) is 11.6 Å². The van der Waals surface area contributed by atoms with Gasteiger partial charge in [0.1, 0.15) is 10.5 Å². The van der Waals surface area contributed by atoms with Gasteiger partial charge in [-0.2, -0.15) is 0 Å². The summed E-state index contributed by atoms with van der Waals surface area (Å²) < 4.78 is 27.5. The predicted molar refractivity (Wildman–Crippen MR) is 113 cm³/mol. The molecule has 4 rings (SSSR count). The number of aromatic hydroxyl groups is 1. The van der Waals surface area contributed by atoms with Crippen LogP contribution in [0.2, 0.25) is 0 Å². The smallest absolute Gasteiger partial charge is 0.248 e. The second-order valence-corrected chi connectivity index (χ2v) is 8.73. The average Bonchev–Trinajstić information content (AvgIpc) is 3.48. The Hall–Kier alpha value is -3.40. The van der Waals surface area contributed by atoms with Crippen molar-refractivity contribution < 1.29 is 23.5 Å². The van der Waals surface area contributed by atoms with Gasteiger partial charge in [-0.1, -0.05) is 41.7 Å². The monoisotopic (exact) mass is 458 g/mol. The van der Waals surface area contributed by atoms with E-state index < -0.39 is 22.9 Å². The minimum atomic E-state index is -1.13. The zero-order valence-electron chi connectivity index (χ0n) is 17.2. The van der Waals surface area contributed by atoms with Crippen molar-refractivity contribution in [3.8, 4) is 16.3 Å². The number of carbonyl (C=O) groups excluding carboxylic acids is 2. The standard InChI is InChI=1S/C22H20F2N4O3S/c1-27(11-14-5-3-2-4-6-14)21(31)22(9-10-22)28(13-29)12-17-25-26-20(32-17)15-7-8-16(23)19(30)18(15)24/h2-8,13,30H,9-12H2,1H3. The fourth-order valence-corrected chi connectivity index (χ4v) is 4.45. The third-order valence-corrected chi connectivity index (χ3v) is 6.42. The number of benzene rings is 2. The number of phenolic OH excluding ortho intramolecular Hbond substituents is 1. The van der Waals surface area contributed by atoms with E-state index in [0.717, 1.165) is 29.0 Å². The van der Waals surface area contributed by atoms with Crippen LogP contribution < -0.4 is 0 Å². The van der Waals surface area contributed by atoms with Crippen molar-refractivity contribution in [3.63, 3.8) is 0 Å². The number of aromatic nitrogens is 2. The first-order valence-electron chi connectivity index (χ1n) is 9.87. The molecule has 166 valence electrons. The molecule has 0 unspecified atom stereocenters. The number of carbonyl (C=O) groups is 2. The summed E-state index contributed by atoms with van der Waals surface area (Å²) in [5.74, 6) is -3.45. The second-order valence-electron chi connectivity index (χ2n) is 7.67. The molecule has 10 heteroatoms. The molecule has 2 aromatic carbocycles. The molecule has 1 heterocycles. The summed E-state index contributed by atoms with van der Waals surface area (Å²) in [7, 11) is 1.70. The minimum absolute atomic E-state index is 0.0287. The maximum atomic E-state index is 14.2. The van der Waals surface area contributed by atoms with Crippen LogP contribution in [0.15, 0.2) is 42.5 Å². The number of rotatable bonds is 8. The van der Waals surface area contributed by atoms with Crippen LogP contribution in [-0.2, 0) is 22.7 Å². The molecule has 0 aliphatic heterocycles. The fraction of sp³-hybridized carbons (Fsp3) is 0.273. The van der Waals surface area contributed by atoms with Crippen molar-refractivity contribution in [3.05, 3.63) is 64.7 Å². The molecule has 1 aliphatic carbocycles. The van der Waals surface area contributed by atoms with Gasteiger partial charge in [-0.25, -0.2) is 8.78 Å². The molecule has 0 saturated heterocycles. The number of phenols is 1. The van der Waals surface area contributed by atoms with E-state index in [9.17, 15) is 23.5 Å². The summed E-state index contributed by atoms with van der Waals surface area (Å²) >= 11 is 1.00. The molecule has 1 aliphatic rings. The van der Waals surface area contributed by atoms with E-state index in [4.69, 9.17) is 0 Å². The molecule has 1 fully saturated rings. The molecule has 7 nitrogen and oxygen atoms in total. The number of hydrogen-bond donors (Lipinski definition) is 1. The summed E-state index contributed by atoms with van der Waals surface area (Å²) in [6.07, 6.45) is 1.69. The first-order valence-corrected chi connectivity index (χ1v) is 10.7. The summed E-state index contributed by atoms with van der Waals surface area (Å²) in [5.41, 5.74) is -0.0449. The van der Waals surface area contributed by atoms with Crippen LogP contribution in [0.4, 0.5) is 8.78 Å². The third-order valence-electron chi connectivity index (χ3n) is 5.48. The summed E-state index contributed by atoms with van der Waals surface area (Å²) in [5, 5.41) is 17.9. The van der Waals surface area contributed by atoms with Gasteiger partial charge >= 0.3 is 0 Å². The Morgan fingerprint density at radius 3 is 2.53 bits per heavy atom. The highest BCUT2D eigenvalue weighted by Gasteiger charge is 2.55. The van der Waals surface area contributed by atoms with Gasteiger partial charge in [0.2, 0.25) is 12.3 Å². The van der Waals surface area contributed by atoms with E-state index in [1.165, 1.54) is 4.90 Å². The van der Waals surface area contributed by atoms with Crippen LogP contribution >= 0.6 is 11.3 Å². The maximum absolute atomic E-state index is 14.2. The van der Waals surface area contributed by atoms with Crippen LogP contribution in [0.25, 0.3) is 10.6 Å². The molecule has 1 saturated carbocycles. The van der Waals surface area contributed by atoms with Crippen molar-refractivity contribution in [1.29, 1.82) is 0 Å². The molecule has 2 amide bonds. The Bertz CT molecular complexity index is 1150. The molecule has 1 aromatic heterocycles. The number of hydrogen-bond acceptors (Lipinski definition) is 6. The van der Waals surface area contributed by atoms with Crippen molar-refractivity contribution >= 4 is 23.7 Å². The number of nitrogens with zero attached hydrogens (tertiary/aromatic N) is 4. The van der Waals surface area contributed by atoms with Crippen LogP contribution in [0.3, 0.4) is 0 Å². The van der Waals surface area contributed by atoms with Crippen LogP contribution in [0.1, 0.15) is 23.4 Å². The largest absolute Gasteiger partial charge is 0.503 e. The van der Waals surface area contributed by atoms with E-state index in [-0.39, 0.29) is 23.0 Å². The summed E-state index contributed by atoms with van der Waals surface area (Å²) in [6, 6.07) is 11.6. The second kappa shape index (κ2) is 8.62. The predicted octanol–water partition coefficient (Wildman–Crippen LogP) is 3.34. The molecule has 1 N–H and O–H groups in total. The lowest BCUT2D eigenvalue weighted by atomic mass is 10.1. The summed E-state index contributed by atoms with van der Waals surface area (Å²) in [6.45, 7) is 0.450. The maximum Gasteiger partial charge on any atom is 0.248 e. The number of halogens is 2. The Labute approximate surface area is 186 Å². The van der Waals surface area contributed by atoms with Gasteiger partial charge in [0.15, 0.2) is 22.4 Å². The Morgan fingerprint density at radius 2 is 1.88 bits per heavy atom. The first-order chi connectivity index (χ1) is 15.4. The fourth-order valence-electron chi connectivity index (χ4n) is 3.59. The van der Waals surface area contributed by atoms with Gasteiger partial charge in [-0.15, -0.1) is 10.2 Å². The van der Waals surface area contributed by atoms with E-state index in [0.29, 0.717) is 30.8 Å². The molecule has 0 bridgehead atoms. The Kier molecular flexibility index (Phi) is 5.88. The van der Waals surface area contributed by atoms with E-state index in [2.05, 4.69) is 10.2 Å². The topological polar surface area (TPSA) is 86.6 Å². The van der Waals surface area contributed by atoms with Gasteiger partial charge in [0.25, 0.3) is 0 Å². The molecule has 0 spiro atoms. The van der Waals surface area contributed by atoms with Gasteiger partial charge in [0.05, 0.1) is 12.1 Å². The molecule has 3 aromatic rings. The van der Waals surface area contributed by atoms with Crippen molar-refractivity contribution in [2.24, 2.45) is 0 Å². The molecular formula is C22H20F2N4O3S. The number of amides is 2. The SMILES string of the molecule is CN(Cc1ccccc1)C(=O)C1(N(C=O)Cc2nnc(-c3ccc(F)c(O)c3F)s2)CC1. The van der Waals surface area contributed by atoms with Gasteiger partial charge < -0.3 is 14.9 Å². The molecule has 32 heavy (non-hydrogen) atoms. The zero-order valence-corrected chi connectivity index (χ0v) is 18.0.